The Morgan fingerprint density at radius 1 is 1.14 bits per heavy atom. The maximum Gasteiger partial charge on any atom is 0.0233 e. The minimum Gasteiger partial charge on any atom is -0.309 e. The zero-order chi connectivity index (χ0) is 15.1. The van der Waals surface area contributed by atoms with E-state index in [1.807, 2.05) is 0 Å². The number of nitrogens with zero attached hydrogens (tertiary/aromatic N) is 2. The average molecular weight is 289 g/mol. The summed E-state index contributed by atoms with van der Waals surface area (Å²) in [6.45, 7) is 11.2. The first-order valence-electron chi connectivity index (χ1n) is 8.43. The Hall–Kier alpha value is -0.900. The highest BCUT2D eigenvalue weighted by molar-refractivity contribution is 5.22. The van der Waals surface area contributed by atoms with Crippen molar-refractivity contribution in [2.45, 2.75) is 45.8 Å². The summed E-state index contributed by atoms with van der Waals surface area (Å²) in [5.41, 5.74) is 2.81. The van der Waals surface area contributed by atoms with E-state index in [9.17, 15) is 0 Å². The van der Waals surface area contributed by atoms with Crippen LogP contribution in [0.25, 0.3) is 0 Å². The Morgan fingerprint density at radius 2 is 1.81 bits per heavy atom. The van der Waals surface area contributed by atoms with E-state index < -0.39 is 0 Å². The molecule has 1 fully saturated rings. The molecule has 1 unspecified atom stereocenters. The largest absolute Gasteiger partial charge is 0.309 e. The van der Waals surface area contributed by atoms with Crippen molar-refractivity contribution >= 4 is 0 Å². The first-order valence-corrected chi connectivity index (χ1v) is 8.43. The van der Waals surface area contributed by atoms with Crippen molar-refractivity contribution in [2.24, 2.45) is 0 Å². The molecule has 1 atom stereocenters. The number of likely N-dealkylation sites (tertiary alicyclic amines) is 1. The maximum atomic E-state index is 3.70. The Labute approximate surface area is 130 Å². The molecule has 1 aromatic carbocycles. The van der Waals surface area contributed by atoms with Crippen molar-refractivity contribution < 1.29 is 0 Å². The Bertz CT molecular complexity index is 397. The molecule has 0 radical (unpaired) electrons. The topological polar surface area (TPSA) is 18.5 Å². The van der Waals surface area contributed by atoms with E-state index in [2.05, 4.69) is 60.3 Å². The highest BCUT2D eigenvalue weighted by Gasteiger charge is 2.16. The molecule has 1 N–H and O–H groups in total. The third kappa shape index (κ3) is 5.42. The summed E-state index contributed by atoms with van der Waals surface area (Å²) in [6, 6.07) is 9.76. The molecule has 3 heteroatoms. The summed E-state index contributed by atoms with van der Waals surface area (Å²) in [5.74, 6) is 0. The summed E-state index contributed by atoms with van der Waals surface area (Å²) in [5, 5.41) is 3.70. The summed E-state index contributed by atoms with van der Waals surface area (Å²) in [4.78, 5) is 4.87. The van der Waals surface area contributed by atoms with Gasteiger partial charge in [0.05, 0.1) is 0 Å². The molecule has 0 aliphatic carbocycles. The predicted molar refractivity (Wildman–Crippen MR) is 90.4 cm³/mol. The lowest BCUT2D eigenvalue weighted by Crippen LogP contribution is -2.43. The van der Waals surface area contributed by atoms with Crippen LogP contribution in [-0.2, 0) is 13.1 Å². The molecule has 21 heavy (non-hydrogen) atoms. The lowest BCUT2D eigenvalue weighted by Gasteiger charge is -2.30. The van der Waals surface area contributed by atoms with Crippen LogP contribution in [0.5, 0.6) is 0 Å². The van der Waals surface area contributed by atoms with Crippen LogP contribution >= 0.6 is 0 Å². The lowest BCUT2D eigenvalue weighted by atomic mass is 10.1. The molecule has 0 saturated carbocycles. The monoisotopic (exact) mass is 289 g/mol. The van der Waals surface area contributed by atoms with Gasteiger partial charge in [-0.15, -0.1) is 0 Å². The van der Waals surface area contributed by atoms with Crippen molar-refractivity contribution in [2.75, 3.05) is 33.2 Å². The van der Waals surface area contributed by atoms with Crippen LogP contribution in [0.3, 0.4) is 0 Å². The molecular weight excluding hydrogens is 258 g/mol. The van der Waals surface area contributed by atoms with Gasteiger partial charge in [0.1, 0.15) is 0 Å². The van der Waals surface area contributed by atoms with Crippen LogP contribution in [0.4, 0.5) is 0 Å². The molecule has 0 aromatic heterocycles. The van der Waals surface area contributed by atoms with Crippen LogP contribution in [0, 0.1) is 0 Å². The van der Waals surface area contributed by atoms with Crippen molar-refractivity contribution in [1.29, 1.82) is 0 Å². The second-order valence-corrected chi connectivity index (χ2v) is 6.26. The number of benzene rings is 1. The molecule has 0 amide bonds. The second kappa shape index (κ2) is 8.52. The highest BCUT2D eigenvalue weighted by atomic mass is 15.1. The molecule has 1 heterocycles. The molecule has 1 aromatic rings. The fourth-order valence-electron chi connectivity index (χ4n) is 3.06. The normalized spacial score (nSPS) is 20.1. The summed E-state index contributed by atoms with van der Waals surface area (Å²) >= 11 is 0. The molecule has 1 aliphatic heterocycles. The molecule has 1 aliphatic rings. The van der Waals surface area contributed by atoms with E-state index in [0.717, 1.165) is 26.2 Å². The van der Waals surface area contributed by atoms with E-state index in [0.29, 0.717) is 6.04 Å². The van der Waals surface area contributed by atoms with Crippen LogP contribution in [-0.4, -0.2) is 49.1 Å². The molecule has 118 valence electrons. The number of likely N-dealkylation sites (N-methyl/N-ethyl adjacent to an activating group) is 1. The number of piperidine rings is 1. The third-order valence-electron chi connectivity index (χ3n) is 4.54. The third-order valence-corrected chi connectivity index (χ3v) is 4.54. The number of nitrogens with one attached hydrogen (secondary N) is 1. The minimum absolute atomic E-state index is 0.652. The SMILES string of the molecule is CCN(CC)Cc1ccc(CNC2CCCN(C)C2)cc1. The van der Waals surface area contributed by atoms with Gasteiger partial charge in [0, 0.05) is 25.7 Å². The smallest absolute Gasteiger partial charge is 0.0233 e. The average Bonchev–Trinajstić information content (AvgIpc) is 2.52. The quantitative estimate of drug-likeness (QED) is 0.832. The van der Waals surface area contributed by atoms with Gasteiger partial charge in [-0.1, -0.05) is 38.1 Å². The van der Waals surface area contributed by atoms with E-state index in [-0.39, 0.29) is 0 Å². The van der Waals surface area contributed by atoms with E-state index in [1.54, 1.807) is 0 Å². The molecule has 1 saturated heterocycles. The van der Waals surface area contributed by atoms with Crippen LogP contribution in [0.2, 0.25) is 0 Å². The summed E-state index contributed by atoms with van der Waals surface area (Å²) < 4.78 is 0. The van der Waals surface area contributed by atoms with Crippen LogP contribution in [0.15, 0.2) is 24.3 Å². The molecule has 0 spiro atoms. The van der Waals surface area contributed by atoms with Gasteiger partial charge >= 0.3 is 0 Å². The summed E-state index contributed by atoms with van der Waals surface area (Å²) in [6.07, 6.45) is 2.63. The van der Waals surface area contributed by atoms with Gasteiger partial charge in [-0.05, 0) is 50.7 Å². The van der Waals surface area contributed by atoms with E-state index in [4.69, 9.17) is 0 Å². The second-order valence-electron chi connectivity index (χ2n) is 6.26. The van der Waals surface area contributed by atoms with Crippen molar-refractivity contribution in [3.05, 3.63) is 35.4 Å². The highest BCUT2D eigenvalue weighted by Crippen LogP contribution is 2.11. The van der Waals surface area contributed by atoms with Gasteiger partial charge in [0.15, 0.2) is 0 Å². The van der Waals surface area contributed by atoms with Crippen LogP contribution in [0.1, 0.15) is 37.8 Å². The lowest BCUT2D eigenvalue weighted by molar-refractivity contribution is 0.226. The Kier molecular flexibility index (Phi) is 6.68. The minimum atomic E-state index is 0.652. The van der Waals surface area contributed by atoms with Gasteiger partial charge in [-0.3, -0.25) is 4.90 Å². The van der Waals surface area contributed by atoms with Gasteiger partial charge in [0.2, 0.25) is 0 Å². The number of hydrogen-bond acceptors (Lipinski definition) is 3. The van der Waals surface area contributed by atoms with Crippen molar-refractivity contribution in [1.82, 2.24) is 15.1 Å². The maximum absolute atomic E-state index is 3.70. The first kappa shape index (κ1) is 16.5. The van der Waals surface area contributed by atoms with E-state index in [1.165, 1.54) is 37.1 Å². The number of rotatable bonds is 7. The predicted octanol–water partition coefficient (Wildman–Crippen LogP) is 2.71. The standard InChI is InChI=1S/C18H31N3/c1-4-21(5-2)14-17-10-8-16(9-11-17)13-19-18-7-6-12-20(3)15-18/h8-11,18-19H,4-7,12-15H2,1-3H3. The van der Waals surface area contributed by atoms with Crippen molar-refractivity contribution in [3.8, 4) is 0 Å². The van der Waals surface area contributed by atoms with Gasteiger partial charge in [-0.2, -0.15) is 0 Å². The van der Waals surface area contributed by atoms with Crippen LogP contribution < -0.4 is 5.32 Å². The molecule has 3 nitrogen and oxygen atoms in total. The Morgan fingerprint density at radius 3 is 2.43 bits per heavy atom. The summed E-state index contributed by atoms with van der Waals surface area (Å²) in [7, 11) is 2.22. The fraction of sp³-hybridized carbons (Fsp3) is 0.667. The molecule has 2 rings (SSSR count). The van der Waals surface area contributed by atoms with Gasteiger partial charge < -0.3 is 10.2 Å². The fourth-order valence-corrected chi connectivity index (χ4v) is 3.06. The molecular formula is C18H31N3. The Balaban J connectivity index is 1.79. The molecule has 0 bridgehead atoms. The van der Waals surface area contributed by atoms with Crippen molar-refractivity contribution in [3.63, 3.8) is 0 Å². The van der Waals surface area contributed by atoms with Gasteiger partial charge in [-0.25, -0.2) is 0 Å². The number of hydrogen-bond donors (Lipinski definition) is 1. The zero-order valence-electron chi connectivity index (χ0n) is 13.9. The van der Waals surface area contributed by atoms with E-state index >= 15 is 0 Å². The zero-order valence-corrected chi connectivity index (χ0v) is 13.9. The first-order chi connectivity index (χ1) is 10.2. The van der Waals surface area contributed by atoms with Gasteiger partial charge in [0.25, 0.3) is 0 Å².